The van der Waals surface area contributed by atoms with Crippen molar-refractivity contribution in [3.63, 3.8) is 0 Å². The summed E-state index contributed by atoms with van der Waals surface area (Å²) in [7, 11) is 0. The average Bonchev–Trinajstić information content (AvgIpc) is 3.20. The van der Waals surface area contributed by atoms with E-state index in [9.17, 15) is 4.79 Å². The van der Waals surface area contributed by atoms with Crippen molar-refractivity contribution in [2.45, 2.75) is 13.8 Å². The highest BCUT2D eigenvalue weighted by molar-refractivity contribution is 6.42. The highest BCUT2D eigenvalue weighted by atomic mass is 35.5. The molecule has 26 heavy (non-hydrogen) atoms. The van der Waals surface area contributed by atoms with E-state index in [1.807, 2.05) is 0 Å². The second-order valence-corrected chi connectivity index (χ2v) is 5.99. The van der Waals surface area contributed by atoms with E-state index in [1.165, 1.54) is 22.9 Å². The first-order valence-corrected chi connectivity index (χ1v) is 7.95. The molecule has 3 N–H and O–H groups in total. The number of amides is 1. The molecule has 0 aliphatic rings. The summed E-state index contributed by atoms with van der Waals surface area (Å²) in [6.45, 7) is 3.41. The highest BCUT2D eigenvalue weighted by Gasteiger charge is 2.18. The molecule has 0 bridgehead atoms. The summed E-state index contributed by atoms with van der Waals surface area (Å²) >= 11 is 11.7. The second kappa shape index (κ2) is 7.10. The molecule has 1 aromatic carbocycles. The minimum atomic E-state index is -0.446. The average molecular weight is 395 g/mol. The Bertz CT molecular complexity index is 1010. The van der Waals surface area contributed by atoms with Crippen LogP contribution < -0.4 is 11.2 Å². The zero-order chi connectivity index (χ0) is 18.8. The third kappa shape index (κ3) is 3.37. The Morgan fingerprint density at radius 1 is 1.31 bits per heavy atom. The predicted molar refractivity (Wildman–Crippen MR) is 94.5 cm³/mol. The van der Waals surface area contributed by atoms with Gasteiger partial charge in [0.15, 0.2) is 0 Å². The van der Waals surface area contributed by atoms with Gasteiger partial charge in [-0.1, -0.05) is 28.4 Å². The first-order chi connectivity index (χ1) is 12.4. The van der Waals surface area contributed by atoms with Crippen LogP contribution in [-0.4, -0.2) is 36.9 Å². The smallest absolute Gasteiger partial charge is 0.271 e. The monoisotopic (exact) mass is 394 g/mol. The number of hydrazone groups is 1. The fourth-order valence-electron chi connectivity index (χ4n) is 2.09. The number of benzene rings is 1. The van der Waals surface area contributed by atoms with Crippen LogP contribution in [-0.2, 0) is 0 Å². The van der Waals surface area contributed by atoms with E-state index >= 15 is 0 Å². The molecule has 2 heterocycles. The van der Waals surface area contributed by atoms with Crippen LogP contribution in [0.5, 0.6) is 0 Å². The predicted octanol–water partition coefficient (Wildman–Crippen LogP) is 2.00. The van der Waals surface area contributed by atoms with Gasteiger partial charge in [-0.3, -0.25) is 4.79 Å². The van der Waals surface area contributed by atoms with Gasteiger partial charge in [-0.25, -0.2) is 10.1 Å². The number of carbonyl (C=O) groups excluding carboxylic acids is 1. The second-order valence-electron chi connectivity index (χ2n) is 5.18. The topological polar surface area (TPSA) is 137 Å². The number of rotatable bonds is 4. The summed E-state index contributed by atoms with van der Waals surface area (Å²) in [5, 5.41) is 19.8. The van der Waals surface area contributed by atoms with Crippen molar-refractivity contribution in [3.05, 3.63) is 45.2 Å². The van der Waals surface area contributed by atoms with Crippen molar-refractivity contribution < 1.29 is 9.42 Å². The Balaban J connectivity index is 1.80. The Labute approximate surface area is 156 Å². The highest BCUT2D eigenvalue weighted by Crippen LogP contribution is 2.22. The van der Waals surface area contributed by atoms with Crippen molar-refractivity contribution in [2.24, 2.45) is 5.10 Å². The van der Waals surface area contributed by atoms with Crippen molar-refractivity contribution in [3.8, 4) is 5.82 Å². The number of hydrogen-bond donors (Lipinski definition) is 2. The molecular weight excluding hydrogens is 383 g/mol. The van der Waals surface area contributed by atoms with E-state index in [-0.39, 0.29) is 16.7 Å². The van der Waals surface area contributed by atoms with E-state index in [1.54, 1.807) is 13.8 Å². The van der Waals surface area contributed by atoms with Crippen LogP contribution in [0.15, 0.2) is 27.9 Å². The lowest BCUT2D eigenvalue weighted by Crippen LogP contribution is -2.19. The maximum Gasteiger partial charge on any atom is 0.271 e. The molecule has 3 aromatic rings. The third-order valence-corrected chi connectivity index (χ3v) is 4.18. The number of nitrogen functional groups attached to an aromatic ring is 1. The zero-order valence-electron chi connectivity index (χ0n) is 13.6. The fourth-order valence-corrected chi connectivity index (χ4v) is 2.39. The van der Waals surface area contributed by atoms with Gasteiger partial charge >= 0.3 is 0 Å². The van der Waals surface area contributed by atoms with Crippen LogP contribution in [0.4, 0.5) is 5.82 Å². The van der Waals surface area contributed by atoms with Crippen LogP contribution in [0.3, 0.4) is 0 Å². The maximum atomic E-state index is 12.2. The fraction of sp³-hybridized carbons (Fsp3) is 0.143. The van der Waals surface area contributed by atoms with E-state index in [0.717, 1.165) is 0 Å². The molecule has 0 spiro atoms. The lowest BCUT2D eigenvalue weighted by Gasteiger charge is -2.03. The van der Waals surface area contributed by atoms with Crippen LogP contribution in [0.1, 0.15) is 28.7 Å². The molecule has 3 rings (SSSR count). The summed E-state index contributed by atoms with van der Waals surface area (Å²) in [6, 6.07) is 4.52. The summed E-state index contributed by atoms with van der Waals surface area (Å²) in [4.78, 5) is 12.2. The molecule has 0 saturated carbocycles. The molecule has 0 aliphatic carbocycles. The van der Waals surface area contributed by atoms with Gasteiger partial charge in [-0.2, -0.15) is 9.78 Å². The minimum absolute atomic E-state index is 0.0760. The standard InChI is InChI=1S/C14H12Cl2N8O2/c1-6(18-20-14(25)8-3-4-9(15)10(16)5-8)11-7(2)24(23-19-11)13-12(17)21-26-22-13/h3-5H,1-2H3,(H2,17,21)(H,20,25)/b18-6+. The van der Waals surface area contributed by atoms with E-state index in [4.69, 9.17) is 28.9 Å². The molecule has 0 radical (unpaired) electrons. The number of halogens is 2. The van der Waals surface area contributed by atoms with Gasteiger partial charge in [0.05, 0.1) is 21.5 Å². The molecule has 0 saturated heterocycles. The first kappa shape index (κ1) is 17.8. The molecule has 0 aliphatic heterocycles. The molecule has 12 heteroatoms. The quantitative estimate of drug-likeness (QED) is 0.509. The van der Waals surface area contributed by atoms with Gasteiger partial charge in [0, 0.05) is 5.56 Å². The van der Waals surface area contributed by atoms with E-state index in [0.29, 0.717) is 27.7 Å². The Morgan fingerprint density at radius 2 is 2.08 bits per heavy atom. The molecule has 1 amide bonds. The van der Waals surface area contributed by atoms with Gasteiger partial charge in [0.1, 0.15) is 5.69 Å². The van der Waals surface area contributed by atoms with Gasteiger partial charge in [0.2, 0.25) is 11.6 Å². The molecule has 10 nitrogen and oxygen atoms in total. The SMILES string of the molecule is C/C(=N\NC(=O)c1ccc(Cl)c(Cl)c1)c1nnn(-c2nonc2N)c1C. The molecule has 0 unspecified atom stereocenters. The Hall–Kier alpha value is -2.98. The number of hydrogen-bond acceptors (Lipinski definition) is 8. The van der Waals surface area contributed by atoms with Crippen LogP contribution in [0.2, 0.25) is 10.0 Å². The summed E-state index contributed by atoms with van der Waals surface area (Å²) in [6.07, 6.45) is 0. The molecular formula is C14H12Cl2N8O2. The van der Waals surface area contributed by atoms with Gasteiger partial charge in [-0.05, 0) is 42.4 Å². The largest absolute Gasteiger partial charge is 0.378 e. The molecule has 134 valence electrons. The molecule has 0 fully saturated rings. The van der Waals surface area contributed by atoms with Crippen LogP contribution >= 0.6 is 23.2 Å². The third-order valence-electron chi connectivity index (χ3n) is 3.44. The van der Waals surface area contributed by atoms with E-state index in [2.05, 4.69) is 35.8 Å². The van der Waals surface area contributed by atoms with Crippen LogP contribution in [0, 0.1) is 6.92 Å². The number of carbonyl (C=O) groups is 1. The lowest BCUT2D eigenvalue weighted by atomic mass is 10.2. The van der Waals surface area contributed by atoms with Gasteiger partial charge < -0.3 is 5.73 Å². The summed E-state index contributed by atoms with van der Waals surface area (Å²) in [5.74, 6) is -0.154. The number of aromatic nitrogens is 5. The van der Waals surface area contributed by atoms with E-state index < -0.39 is 5.91 Å². The van der Waals surface area contributed by atoms with Crippen molar-refractivity contribution >= 4 is 40.6 Å². The summed E-state index contributed by atoms with van der Waals surface area (Å²) in [5.41, 5.74) is 9.86. The Morgan fingerprint density at radius 3 is 2.73 bits per heavy atom. The number of nitrogens with one attached hydrogen (secondary N) is 1. The lowest BCUT2D eigenvalue weighted by molar-refractivity contribution is 0.0955. The van der Waals surface area contributed by atoms with Crippen LogP contribution in [0.25, 0.3) is 5.82 Å². The molecule has 2 aromatic heterocycles. The van der Waals surface area contributed by atoms with Crippen molar-refractivity contribution in [2.75, 3.05) is 5.73 Å². The summed E-state index contributed by atoms with van der Waals surface area (Å²) < 4.78 is 5.91. The maximum absolute atomic E-state index is 12.2. The first-order valence-electron chi connectivity index (χ1n) is 7.19. The normalized spacial score (nSPS) is 11.6. The van der Waals surface area contributed by atoms with Crippen molar-refractivity contribution in [1.82, 2.24) is 30.7 Å². The Kier molecular flexibility index (Phi) is 4.87. The minimum Gasteiger partial charge on any atom is -0.378 e. The number of nitrogens with two attached hydrogens (primary N) is 1. The molecule has 0 atom stereocenters. The number of nitrogens with zero attached hydrogens (tertiary/aromatic N) is 6. The van der Waals surface area contributed by atoms with Crippen molar-refractivity contribution in [1.29, 1.82) is 0 Å². The van der Waals surface area contributed by atoms with Gasteiger partial charge in [-0.15, -0.1) is 5.10 Å². The number of anilines is 1. The van der Waals surface area contributed by atoms with Gasteiger partial charge in [0.25, 0.3) is 5.91 Å². The zero-order valence-corrected chi connectivity index (χ0v) is 15.1.